The van der Waals surface area contributed by atoms with Crippen LogP contribution in [0.5, 0.6) is 0 Å². The minimum absolute atomic E-state index is 0. The van der Waals surface area contributed by atoms with Crippen LogP contribution >= 0.6 is 30.7 Å². The fraction of sp³-hybridized carbons (Fsp3) is 0.333. The summed E-state index contributed by atoms with van der Waals surface area (Å²) < 4.78 is 1.94. The van der Waals surface area contributed by atoms with Crippen LogP contribution in [0.2, 0.25) is 0 Å². The minimum atomic E-state index is -1.57. The first-order valence-corrected chi connectivity index (χ1v) is 14.5. The van der Waals surface area contributed by atoms with Crippen LogP contribution in [-0.4, -0.2) is 11.2 Å². The standard InChI is InChI=1S/C15H21N.C5H4S.CH3.2ClH.Ru/c1-10-8-12(3)15(13(4)9-10)16-7-6-11(2)14(16)5;1-5-3-2-4-6-5;;;;/h8-9H,6-7H2,1-5H3;1-4H;1H3;2*1H;/q;;-1;;;+2/p-2. The second-order valence-corrected chi connectivity index (χ2v) is 13.0. The van der Waals surface area contributed by atoms with Crippen molar-refractivity contribution in [2.75, 3.05) is 11.4 Å². The zero-order valence-electron chi connectivity index (χ0n) is 16.3. The Kier molecular flexibility index (Phi) is 9.76. The fourth-order valence-corrected chi connectivity index (χ4v) is 6.59. The molecular weight excluding hydrogens is 470 g/mol. The maximum atomic E-state index is 5.63. The average Bonchev–Trinajstić information content (AvgIpc) is 3.11. The van der Waals surface area contributed by atoms with Gasteiger partial charge in [-0.3, -0.25) is 0 Å². The van der Waals surface area contributed by atoms with E-state index in [0.29, 0.717) is 0 Å². The molecule has 0 fully saturated rings. The summed E-state index contributed by atoms with van der Waals surface area (Å²) in [6.45, 7) is 12.2. The van der Waals surface area contributed by atoms with Gasteiger partial charge in [0, 0.05) is 17.9 Å². The average molecular weight is 499 g/mol. The number of anilines is 1. The van der Waals surface area contributed by atoms with Crippen molar-refractivity contribution in [3.05, 3.63) is 69.9 Å². The predicted molar refractivity (Wildman–Crippen MR) is 119 cm³/mol. The van der Waals surface area contributed by atoms with Crippen LogP contribution in [0.1, 0.15) is 41.8 Å². The van der Waals surface area contributed by atoms with Gasteiger partial charge >= 0.3 is 71.2 Å². The van der Waals surface area contributed by atoms with Gasteiger partial charge in [-0.2, -0.15) is 0 Å². The van der Waals surface area contributed by atoms with E-state index >= 15 is 0 Å². The van der Waals surface area contributed by atoms with Crippen molar-refractivity contribution in [2.45, 2.75) is 41.0 Å². The van der Waals surface area contributed by atoms with Gasteiger partial charge in [0.2, 0.25) is 0 Å². The number of thiophene rings is 1. The number of aryl methyl sites for hydroxylation is 3. The van der Waals surface area contributed by atoms with Crippen molar-refractivity contribution >= 4 is 41.0 Å². The number of nitrogens with zero attached hydrogens (tertiary/aromatic N) is 1. The molecule has 0 saturated heterocycles. The van der Waals surface area contributed by atoms with E-state index in [1.807, 2.05) is 22.1 Å². The van der Waals surface area contributed by atoms with Crippen molar-refractivity contribution in [2.24, 2.45) is 0 Å². The Hall–Kier alpha value is -0.467. The summed E-state index contributed by atoms with van der Waals surface area (Å²) in [7, 11) is 11.3. The molecule has 5 heteroatoms. The summed E-state index contributed by atoms with van der Waals surface area (Å²) in [6, 6.07) is 8.56. The van der Waals surface area contributed by atoms with Crippen molar-refractivity contribution in [3.8, 4) is 0 Å². The SMILES string of the molecule is CC1=C(C)N(c2c(C)cc(C)cc2C)CC1.[CH3-].[Cl][Ru]([Cl])=[CH]c1cccs1. The van der Waals surface area contributed by atoms with Gasteiger partial charge in [-0.1, -0.05) is 23.3 Å². The molecule has 26 heavy (non-hydrogen) atoms. The van der Waals surface area contributed by atoms with Crippen LogP contribution < -0.4 is 4.90 Å². The van der Waals surface area contributed by atoms with E-state index in [9.17, 15) is 0 Å². The van der Waals surface area contributed by atoms with Crippen molar-refractivity contribution < 1.29 is 13.5 Å². The number of benzene rings is 1. The zero-order valence-corrected chi connectivity index (χ0v) is 20.4. The topological polar surface area (TPSA) is 3.24 Å². The number of hydrogen-bond acceptors (Lipinski definition) is 2. The second kappa shape index (κ2) is 10.8. The summed E-state index contributed by atoms with van der Waals surface area (Å²) in [4.78, 5) is 3.65. The molecule has 146 valence electrons. The van der Waals surface area contributed by atoms with Crippen LogP contribution in [0, 0.1) is 28.2 Å². The molecular formula is C21H28Cl2NRuS-. The van der Waals surface area contributed by atoms with Crippen LogP contribution in [0.4, 0.5) is 5.69 Å². The van der Waals surface area contributed by atoms with Gasteiger partial charge in [0.1, 0.15) is 0 Å². The van der Waals surface area contributed by atoms with Crippen LogP contribution in [0.25, 0.3) is 0 Å². The monoisotopic (exact) mass is 498 g/mol. The summed E-state index contributed by atoms with van der Waals surface area (Å²) in [5.74, 6) is 0. The van der Waals surface area contributed by atoms with Gasteiger partial charge in [-0.25, -0.2) is 0 Å². The van der Waals surface area contributed by atoms with E-state index in [-0.39, 0.29) is 7.43 Å². The Labute approximate surface area is 176 Å². The molecule has 1 aromatic carbocycles. The van der Waals surface area contributed by atoms with Gasteiger partial charge < -0.3 is 12.3 Å². The van der Waals surface area contributed by atoms with E-state index in [1.54, 1.807) is 11.3 Å². The second-order valence-electron chi connectivity index (χ2n) is 6.34. The molecule has 1 aliphatic rings. The molecule has 0 unspecified atom stereocenters. The number of halogens is 2. The third-order valence-electron chi connectivity index (χ3n) is 4.36. The Bertz CT molecular complexity index is 767. The first kappa shape index (κ1) is 23.6. The Morgan fingerprint density at radius 3 is 2.12 bits per heavy atom. The van der Waals surface area contributed by atoms with Gasteiger partial charge in [0.05, 0.1) is 0 Å². The summed E-state index contributed by atoms with van der Waals surface area (Å²) in [5, 5.41) is 2.01. The molecule has 3 rings (SSSR count). The summed E-state index contributed by atoms with van der Waals surface area (Å²) in [6.07, 6.45) is 1.21. The number of rotatable bonds is 2. The van der Waals surface area contributed by atoms with Crippen molar-refractivity contribution in [1.82, 2.24) is 0 Å². The summed E-state index contributed by atoms with van der Waals surface area (Å²) in [5.41, 5.74) is 8.53. The van der Waals surface area contributed by atoms with Crippen LogP contribution in [0.3, 0.4) is 0 Å². The normalized spacial score (nSPS) is 13.8. The van der Waals surface area contributed by atoms with Gasteiger partial charge in [-0.15, -0.1) is 0 Å². The maximum absolute atomic E-state index is 5.63. The van der Waals surface area contributed by atoms with Gasteiger partial charge in [-0.05, 0) is 52.2 Å². The Morgan fingerprint density at radius 1 is 1.08 bits per heavy atom. The molecule has 0 N–H and O–H groups in total. The molecule has 1 aromatic heterocycles. The first-order chi connectivity index (χ1) is 11.8. The molecule has 0 amide bonds. The quantitative estimate of drug-likeness (QED) is 0.308. The van der Waals surface area contributed by atoms with Crippen molar-refractivity contribution in [1.29, 1.82) is 0 Å². The van der Waals surface area contributed by atoms with E-state index in [2.05, 4.69) is 51.7 Å². The zero-order chi connectivity index (χ0) is 18.6. The van der Waals surface area contributed by atoms with Crippen LogP contribution in [0.15, 0.2) is 40.9 Å². The Morgan fingerprint density at radius 2 is 1.69 bits per heavy atom. The third kappa shape index (κ3) is 6.31. The predicted octanol–water partition coefficient (Wildman–Crippen LogP) is 7.39. The molecule has 1 aliphatic heterocycles. The fourth-order valence-electron chi connectivity index (χ4n) is 3.16. The van der Waals surface area contributed by atoms with E-state index < -0.39 is 13.5 Å². The van der Waals surface area contributed by atoms with E-state index in [1.165, 1.54) is 44.9 Å². The molecule has 2 aromatic rings. The number of allylic oxidation sites excluding steroid dienone is 1. The van der Waals surface area contributed by atoms with Gasteiger partial charge in [0.15, 0.2) is 0 Å². The third-order valence-corrected chi connectivity index (χ3v) is 7.34. The Balaban J connectivity index is 0.000000290. The number of hydrogen-bond donors (Lipinski definition) is 0. The molecule has 2 heterocycles. The molecule has 0 radical (unpaired) electrons. The molecule has 1 nitrogen and oxygen atoms in total. The molecule has 0 spiro atoms. The van der Waals surface area contributed by atoms with E-state index in [0.717, 1.165) is 6.54 Å². The van der Waals surface area contributed by atoms with Gasteiger partial charge in [0.25, 0.3) is 0 Å². The van der Waals surface area contributed by atoms with Crippen molar-refractivity contribution in [3.63, 3.8) is 0 Å². The first-order valence-electron chi connectivity index (χ1n) is 8.18. The molecule has 0 saturated carbocycles. The molecule has 0 aliphatic carbocycles. The van der Waals surface area contributed by atoms with Crippen LogP contribution in [-0.2, 0) is 13.5 Å². The summed E-state index contributed by atoms with van der Waals surface area (Å²) >= 11 is 0.0926. The van der Waals surface area contributed by atoms with E-state index in [4.69, 9.17) is 19.4 Å². The molecule has 0 atom stereocenters. The molecule has 0 bridgehead atoms.